The van der Waals surface area contributed by atoms with Gasteiger partial charge in [-0.25, -0.2) is 0 Å². The predicted molar refractivity (Wildman–Crippen MR) is 90.9 cm³/mol. The summed E-state index contributed by atoms with van der Waals surface area (Å²) in [4.78, 5) is 0. The molecular formula is C18H33NO6. The third-order valence-electron chi connectivity index (χ3n) is 5.96. The monoisotopic (exact) mass is 359 g/mol. The predicted octanol–water partition coefficient (Wildman–Crippen LogP) is 0.0380. The highest BCUT2D eigenvalue weighted by atomic mass is 16.7. The fourth-order valence-corrected chi connectivity index (χ4v) is 4.49. The van der Waals surface area contributed by atoms with Crippen molar-refractivity contribution in [3.05, 3.63) is 0 Å². The molecule has 0 aromatic heterocycles. The highest BCUT2D eigenvalue weighted by Gasteiger charge is 2.44. The van der Waals surface area contributed by atoms with Crippen LogP contribution < -0.4 is 5.32 Å². The van der Waals surface area contributed by atoms with Gasteiger partial charge < -0.3 is 35.2 Å². The Morgan fingerprint density at radius 3 is 2.60 bits per heavy atom. The molecule has 0 aromatic rings. The van der Waals surface area contributed by atoms with Crippen LogP contribution in [0.5, 0.6) is 0 Å². The Hall–Kier alpha value is -0.280. The minimum absolute atomic E-state index is 0.236. The Bertz CT molecular complexity index is 416. The number of ether oxygens (including phenoxy) is 2. The van der Waals surface area contributed by atoms with Crippen molar-refractivity contribution in [3.63, 3.8) is 0 Å². The zero-order valence-corrected chi connectivity index (χ0v) is 14.8. The molecule has 1 spiro atoms. The summed E-state index contributed by atoms with van der Waals surface area (Å²) in [6.45, 7) is 0.542. The molecule has 0 saturated carbocycles. The minimum atomic E-state index is -1.05. The number of hydrogen-bond acceptors (Lipinski definition) is 7. The molecular weight excluding hydrogens is 326 g/mol. The van der Waals surface area contributed by atoms with Gasteiger partial charge in [-0.3, -0.25) is 0 Å². The van der Waals surface area contributed by atoms with E-state index in [0.717, 1.165) is 58.0 Å². The number of unbranched alkanes of at least 4 members (excludes halogenated alkanes) is 1. The van der Waals surface area contributed by atoms with Crippen LogP contribution in [0.25, 0.3) is 0 Å². The smallest absolute Gasteiger partial charge is 0.168 e. The maximum atomic E-state index is 10.3. The summed E-state index contributed by atoms with van der Waals surface area (Å²) in [6.07, 6.45) is 6.00. The highest BCUT2D eigenvalue weighted by Crippen LogP contribution is 2.38. The van der Waals surface area contributed by atoms with E-state index in [0.29, 0.717) is 6.42 Å². The van der Waals surface area contributed by atoms with Crippen molar-refractivity contribution >= 4 is 0 Å². The standard InChI is InChI=1S/C18H33NO6/c20-11-13-16(22)17(23)15(19-13)14(21)7-2-1-5-12-6-3-8-18(25-12)9-4-10-24-18/h12-17,19-23H,1-11H2/t12?,13-,14?,15-,16-,17-,18?/m1/s1. The molecule has 7 atom stereocenters. The maximum absolute atomic E-state index is 10.3. The number of hydrogen-bond donors (Lipinski definition) is 5. The van der Waals surface area contributed by atoms with Crippen LogP contribution in [0, 0.1) is 0 Å². The molecule has 0 aromatic carbocycles. The second kappa shape index (κ2) is 8.61. The van der Waals surface area contributed by atoms with Gasteiger partial charge in [0.15, 0.2) is 5.79 Å². The van der Waals surface area contributed by atoms with Gasteiger partial charge in [-0.05, 0) is 32.1 Å². The van der Waals surface area contributed by atoms with Crippen molar-refractivity contribution in [1.82, 2.24) is 5.32 Å². The SMILES string of the molecule is OC[C@H]1N[C@H](C(O)CCCCC2CCCC3(CCCO3)O2)[C@@H](O)[C@@H]1O. The lowest BCUT2D eigenvalue weighted by molar-refractivity contribution is -0.258. The molecule has 3 unspecified atom stereocenters. The van der Waals surface area contributed by atoms with E-state index in [-0.39, 0.29) is 18.5 Å². The molecule has 0 aliphatic carbocycles. The first kappa shape index (κ1) is 19.5. The van der Waals surface area contributed by atoms with Crippen molar-refractivity contribution in [2.75, 3.05) is 13.2 Å². The lowest BCUT2D eigenvalue weighted by Crippen LogP contribution is -2.44. The molecule has 7 nitrogen and oxygen atoms in total. The molecule has 0 amide bonds. The fourth-order valence-electron chi connectivity index (χ4n) is 4.49. The number of nitrogens with one attached hydrogen (secondary N) is 1. The molecule has 3 rings (SSSR count). The second-order valence-corrected chi connectivity index (χ2v) is 7.81. The van der Waals surface area contributed by atoms with E-state index in [2.05, 4.69) is 5.32 Å². The largest absolute Gasteiger partial charge is 0.395 e. The molecule has 3 aliphatic heterocycles. The van der Waals surface area contributed by atoms with Crippen LogP contribution in [-0.2, 0) is 9.47 Å². The van der Waals surface area contributed by atoms with Crippen LogP contribution in [0.2, 0.25) is 0 Å². The fraction of sp³-hybridized carbons (Fsp3) is 1.00. The number of aliphatic hydroxyl groups is 4. The van der Waals surface area contributed by atoms with Crippen molar-refractivity contribution in [3.8, 4) is 0 Å². The van der Waals surface area contributed by atoms with Crippen LogP contribution in [0.15, 0.2) is 0 Å². The molecule has 3 aliphatic rings. The first-order chi connectivity index (χ1) is 12.0. The number of aliphatic hydroxyl groups excluding tert-OH is 4. The molecule has 146 valence electrons. The summed E-state index contributed by atoms with van der Waals surface area (Å²) in [5.74, 6) is -0.324. The lowest BCUT2D eigenvalue weighted by atomic mass is 9.95. The topological polar surface area (TPSA) is 111 Å². The number of rotatable bonds is 7. The van der Waals surface area contributed by atoms with E-state index < -0.39 is 30.4 Å². The van der Waals surface area contributed by atoms with Gasteiger partial charge in [0, 0.05) is 12.8 Å². The van der Waals surface area contributed by atoms with Gasteiger partial charge in [0.05, 0.1) is 49.7 Å². The van der Waals surface area contributed by atoms with E-state index in [1.165, 1.54) is 0 Å². The lowest BCUT2D eigenvalue weighted by Gasteiger charge is -2.37. The Labute approximate surface area is 149 Å². The summed E-state index contributed by atoms with van der Waals surface area (Å²) in [6, 6.07) is -1.17. The zero-order valence-electron chi connectivity index (χ0n) is 14.8. The second-order valence-electron chi connectivity index (χ2n) is 7.81. The molecule has 3 heterocycles. The summed E-state index contributed by atoms with van der Waals surface area (Å²) in [5.41, 5.74) is 0. The van der Waals surface area contributed by atoms with E-state index in [4.69, 9.17) is 14.6 Å². The Balaban J connectivity index is 1.35. The Kier molecular flexibility index (Phi) is 6.71. The van der Waals surface area contributed by atoms with Crippen molar-refractivity contribution in [2.45, 2.75) is 100 Å². The van der Waals surface area contributed by atoms with Gasteiger partial charge in [0.2, 0.25) is 0 Å². The van der Waals surface area contributed by atoms with Gasteiger partial charge in [-0.15, -0.1) is 0 Å². The van der Waals surface area contributed by atoms with Crippen LogP contribution >= 0.6 is 0 Å². The van der Waals surface area contributed by atoms with E-state index in [1.807, 2.05) is 0 Å². The average Bonchev–Trinajstić information content (AvgIpc) is 3.17. The van der Waals surface area contributed by atoms with Gasteiger partial charge in [0.25, 0.3) is 0 Å². The van der Waals surface area contributed by atoms with Crippen molar-refractivity contribution in [1.29, 1.82) is 0 Å². The maximum Gasteiger partial charge on any atom is 0.168 e. The van der Waals surface area contributed by atoms with Crippen LogP contribution in [0.3, 0.4) is 0 Å². The zero-order chi connectivity index (χ0) is 17.9. The van der Waals surface area contributed by atoms with Gasteiger partial charge >= 0.3 is 0 Å². The van der Waals surface area contributed by atoms with Gasteiger partial charge in [0.1, 0.15) is 0 Å². The highest BCUT2D eigenvalue weighted by molar-refractivity contribution is 5.00. The van der Waals surface area contributed by atoms with E-state index in [1.54, 1.807) is 0 Å². The minimum Gasteiger partial charge on any atom is -0.395 e. The van der Waals surface area contributed by atoms with E-state index in [9.17, 15) is 15.3 Å². The molecule has 0 radical (unpaired) electrons. The Morgan fingerprint density at radius 1 is 1.12 bits per heavy atom. The summed E-state index contributed by atoms with van der Waals surface area (Å²) >= 11 is 0. The quantitative estimate of drug-likeness (QED) is 0.408. The van der Waals surface area contributed by atoms with Crippen LogP contribution in [0.4, 0.5) is 0 Å². The normalized spacial score (nSPS) is 43.0. The Morgan fingerprint density at radius 2 is 1.92 bits per heavy atom. The first-order valence-corrected chi connectivity index (χ1v) is 9.77. The van der Waals surface area contributed by atoms with Crippen molar-refractivity contribution in [2.24, 2.45) is 0 Å². The van der Waals surface area contributed by atoms with Crippen LogP contribution in [-0.4, -0.2) is 75.9 Å². The van der Waals surface area contributed by atoms with E-state index >= 15 is 0 Å². The first-order valence-electron chi connectivity index (χ1n) is 9.77. The third kappa shape index (κ3) is 4.53. The molecule has 7 heteroatoms. The van der Waals surface area contributed by atoms with Gasteiger partial charge in [-0.1, -0.05) is 12.8 Å². The molecule has 5 N–H and O–H groups in total. The summed E-state index contributed by atoms with van der Waals surface area (Å²) in [5, 5.41) is 42.2. The molecule has 3 fully saturated rings. The average molecular weight is 359 g/mol. The molecule has 3 saturated heterocycles. The molecule has 0 bridgehead atoms. The third-order valence-corrected chi connectivity index (χ3v) is 5.96. The summed E-state index contributed by atoms with van der Waals surface area (Å²) < 4.78 is 12.0. The molecule has 25 heavy (non-hydrogen) atoms. The van der Waals surface area contributed by atoms with Crippen molar-refractivity contribution < 1.29 is 29.9 Å². The summed E-state index contributed by atoms with van der Waals surface area (Å²) in [7, 11) is 0. The van der Waals surface area contributed by atoms with Crippen LogP contribution in [0.1, 0.15) is 57.8 Å². The van der Waals surface area contributed by atoms with Gasteiger partial charge in [-0.2, -0.15) is 0 Å².